The molecule has 0 aliphatic heterocycles. The summed E-state index contributed by atoms with van der Waals surface area (Å²) in [6.45, 7) is 4.40. The molecule has 1 aliphatic rings. The first-order valence-corrected chi connectivity index (χ1v) is 7.10. The lowest BCUT2D eigenvalue weighted by Crippen LogP contribution is -2.25. The Morgan fingerprint density at radius 3 is 2.53 bits per heavy atom. The van der Waals surface area contributed by atoms with Gasteiger partial charge in [0.2, 0.25) is 0 Å². The van der Waals surface area contributed by atoms with Gasteiger partial charge in [0.1, 0.15) is 0 Å². The van der Waals surface area contributed by atoms with Gasteiger partial charge in [0.15, 0.2) is 11.6 Å². The highest BCUT2D eigenvalue weighted by Gasteiger charge is 2.33. The van der Waals surface area contributed by atoms with Crippen molar-refractivity contribution in [1.29, 1.82) is 0 Å². The molecule has 2 rings (SSSR count). The molecule has 0 saturated heterocycles. The molecule has 3 heteroatoms. The Hall–Kier alpha value is -0.960. The molecule has 1 nitrogen and oxygen atoms in total. The maximum Gasteiger partial charge on any atom is 0.159 e. The van der Waals surface area contributed by atoms with Crippen LogP contribution in [0.5, 0.6) is 0 Å². The molecule has 2 atom stereocenters. The van der Waals surface area contributed by atoms with Crippen molar-refractivity contribution in [3.8, 4) is 0 Å². The monoisotopic (exact) mass is 268 g/mol. The third kappa shape index (κ3) is 3.14. The zero-order valence-electron chi connectivity index (χ0n) is 11.6. The van der Waals surface area contributed by atoms with Gasteiger partial charge in [-0.2, -0.15) is 0 Å². The lowest BCUT2D eigenvalue weighted by Gasteiger charge is -2.27. The Bertz CT molecular complexity index is 444. The van der Waals surface area contributed by atoms with E-state index in [2.05, 4.69) is 13.8 Å². The third-order valence-corrected chi connectivity index (χ3v) is 4.49. The standard InChI is InChI=1S/C16H22F2O/c1-11(2)12-4-3-8-16(19,9-7-12)13-5-6-14(17)15(18)10-13/h5-6,10-12,19H,3-4,7-9H2,1-2H3. The first kappa shape index (κ1) is 14.4. The van der Waals surface area contributed by atoms with E-state index in [4.69, 9.17) is 0 Å². The molecule has 2 unspecified atom stereocenters. The Kier molecular flexibility index (Phi) is 4.24. The van der Waals surface area contributed by atoms with Crippen LogP contribution in [0.4, 0.5) is 8.78 Å². The zero-order valence-corrected chi connectivity index (χ0v) is 11.6. The normalized spacial score (nSPS) is 28.4. The Labute approximate surface area is 113 Å². The average Bonchev–Trinajstić information content (AvgIpc) is 2.56. The minimum Gasteiger partial charge on any atom is -0.385 e. The largest absolute Gasteiger partial charge is 0.385 e. The van der Waals surface area contributed by atoms with Gasteiger partial charge in [-0.05, 0) is 55.2 Å². The van der Waals surface area contributed by atoms with E-state index in [1.54, 1.807) is 0 Å². The van der Waals surface area contributed by atoms with E-state index in [0.717, 1.165) is 31.4 Å². The summed E-state index contributed by atoms with van der Waals surface area (Å²) in [5, 5.41) is 10.7. The van der Waals surface area contributed by atoms with Gasteiger partial charge in [-0.15, -0.1) is 0 Å². The number of aliphatic hydroxyl groups is 1. The van der Waals surface area contributed by atoms with E-state index in [1.807, 2.05) is 0 Å². The minimum atomic E-state index is -1.00. The summed E-state index contributed by atoms with van der Waals surface area (Å²) < 4.78 is 26.3. The minimum absolute atomic E-state index is 0.510. The summed E-state index contributed by atoms with van der Waals surface area (Å²) in [7, 11) is 0. The van der Waals surface area contributed by atoms with Crippen molar-refractivity contribution in [2.45, 2.75) is 51.6 Å². The Morgan fingerprint density at radius 1 is 1.16 bits per heavy atom. The summed E-state index contributed by atoms with van der Waals surface area (Å²) in [6.07, 6.45) is 4.22. The molecule has 1 aromatic rings. The van der Waals surface area contributed by atoms with Crippen LogP contribution in [0, 0.1) is 23.5 Å². The van der Waals surface area contributed by atoms with Crippen LogP contribution in [0.25, 0.3) is 0 Å². The fourth-order valence-corrected chi connectivity index (χ4v) is 3.09. The van der Waals surface area contributed by atoms with Crippen LogP contribution in [0.15, 0.2) is 18.2 Å². The number of hydrogen-bond acceptors (Lipinski definition) is 1. The van der Waals surface area contributed by atoms with Crippen molar-refractivity contribution >= 4 is 0 Å². The van der Waals surface area contributed by atoms with Crippen molar-refractivity contribution in [1.82, 2.24) is 0 Å². The molecule has 106 valence electrons. The molecule has 19 heavy (non-hydrogen) atoms. The molecule has 0 amide bonds. The van der Waals surface area contributed by atoms with Crippen molar-refractivity contribution in [3.63, 3.8) is 0 Å². The topological polar surface area (TPSA) is 20.2 Å². The predicted octanol–water partition coefficient (Wildman–Crippen LogP) is 4.39. The molecular weight excluding hydrogens is 246 g/mol. The predicted molar refractivity (Wildman–Crippen MR) is 71.7 cm³/mol. The van der Waals surface area contributed by atoms with E-state index >= 15 is 0 Å². The molecule has 1 aliphatic carbocycles. The molecule has 1 saturated carbocycles. The van der Waals surface area contributed by atoms with E-state index < -0.39 is 17.2 Å². The average molecular weight is 268 g/mol. The lowest BCUT2D eigenvalue weighted by molar-refractivity contribution is 0.0187. The Balaban J connectivity index is 2.20. The van der Waals surface area contributed by atoms with Crippen LogP contribution in [0.2, 0.25) is 0 Å². The summed E-state index contributed by atoms with van der Waals surface area (Å²) in [5.74, 6) is -0.525. The van der Waals surface area contributed by atoms with Gasteiger partial charge in [0.25, 0.3) is 0 Å². The fraction of sp³-hybridized carbons (Fsp3) is 0.625. The van der Waals surface area contributed by atoms with Crippen molar-refractivity contribution < 1.29 is 13.9 Å². The van der Waals surface area contributed by atoms with Crippen LogP contribution in [0.3, 0.4) is 0 Å². The molecular formula is C16H22F2O. The van der Waals surface area contributed by atoms with E-state index in [1.165, 1.54) is 6.07 Å². The van der Waals surface area contributed by atoms with Gasteiger partial charge in [-0.25, -0.2) is 8.78 Å². The lowest BCUT2D eigenvalue weighted by atomic mass is 9.84. The second kappa shape index (κ2) is 5.58. The highest BCUT2D eigenvalue weighted by atomic mass is 19.2. The van der Waals surface area contributed by atoms with Crippen molar-refractivity contribution in [2.75, 3.05) is 0 Å². The van der Waals surface area contributed by atoms with Gasteiger partial charge in [-0.1, -0.05) is 26.3 Å². The quantitative estimate of drug-likeness (QED) is 0.789. The van der Waals surface area contributed by atoms with Gasteiger partial charge in [-0.3, -0.25) is 0 Å². The maximum atomic E-state index is 13.3. The van der Waals surface area contributed by atoms with Crippen molar-refractivity contribution in [3.05, 3.63) is 35.4 Å². The maximum absolute atomic E-state index is 13.3. The fourth-order valence-electron chi connectivity index (χ4n) is 3.09. The Morgan fingerprint density at radius 2 is 1.89 bits per heavy atom. The smallest absolute Gasteiger partial charge is 0.159 e. The van der Waals surface area contributed by atoms with Crippen LogP contribution in [0.1, 0.15) is 51.5 Å². The molecule has 1 fully saturated rings. The van der Waals surface area contributed by atoms with Crippen LogP contribution in [-0.2, 0) is 5.60 Å². The third-order valence-electron chi connectivity index (χ3n) is 4.49. The molecule has 1 aromatic carbocycles. The highest BCUT2D eigenvalue weighted by molar-refractivity contribution is 5.24. The van der Waals surface area contributed by atoms with E-state index in [9.17, 15) is 13.9 Å². The van der Waals surface area contributed by atoms with Crippen LogP contribution >= 0.6 is 0 Å². The number of rotatable bonds is 2. The van der Waals surface area contributed by atoms with Crippen LogP contribution in [-0.4, -0.2) is 5.11 Å². The summed E-state index contributed by atoms with van der Waals surface area (Å²) >= 11 is 0. The van der Waals surface area contributed by atoms with Gasteiger partial charge < -0.3 is 5.11 Å². The van der Waals surface area contributed by atoms with E-state index in [-0.39, 0.29) is 0 Å². The van der Waals surface area contributed by atoms with Gasteiger partial charge >= 0.3 is 0 Å². The van der Waals surface area contributed by atoms with Gasteiger partial charge in [0.05, 0.1) is 5.60 Å². The second-order valence-corrected chi connectivity index (χ2v) is 6.10. The SMILES string of the molecule is CC(C)C1CCCC(O)(c2ccc(F)c(F)c2)CC1. The first-order valence-electron chi connectivity index (χ1n) is 7.10. The molecule has 0 aromatic heterocycles. The number of halogens is 2. The molecule has 1 N–H and O–H groups in total. The first-order chi connectivity index (χ1) is 8.92. The van der Waals surface area contributed by atoms with Crippen molar-refractivity contribution in [2.24, 2.45) is 11.8 Å². The molecule has 0 radical (unpaired) electrons. The second-order valence-electron chi connectivity index (χ2n) is 6.10. The summed E-state index contributed by atoms with van der Waals surface area (Å²) in [6, 6.07) is 3.76. The van der Waals surface area contributed by atoms with Gasteiger partial charge in [0, 0.05) is 0 Å². The summed E-state index contributed by atoms with van der Waals surface area (Å²) in [5.41, 5.74) is -0.492. The van der Waals surface area contributed by atoms with Crippen LogP contribution < -0.4 is 0 Å². The summed E-state index contributed by atoms with van der Waals surface area (Å²) in [4.78, 5) is 0. The highest BCUT2D eigenvalue weighted by Crippen LogP contribution is 2.40. The number of benzene rings is 1. The number of hydrogen-bond donors (Lipinski definition) is 1. The zero-order chi connectivity index (χ0) is 14.0. The molecule has 0 spiro atoms. The molecule has 0 bridgehead atoms. The molecule has 0 heterocycles. The van der Waals surface area contributed by atoms with E-state index in [0.29, 0.717) is 30.2 Å².